The van der Waals surface area contributed by atoms with Crippen molar-refractivity contribution in [2.24, 2.45) is 0 Å². The fourth-order valence-electron chi connectivity index (χ4n) is 9.62. The first-order valence-electron chi connectivity index (χ1n) is 21.5. The van der Waals surface area contributed by atoms with Gasteiger partial charge in [-0.3, -0.25) is 24.8 Å². The number of aromatic amines is 1. The molecule has 60 heavy (non-hydrogen) atoms. The molecule has 2 aliphatic carbocycles. The van der Waals surface area contributed by atoms with E-state index in [2.05, 4.69) is 30.4 Å². The first-order valence-corrected chi connectivity index (χ1v) is 21.5. The van der Waals surface area contributed by atoms with Crippen molar-refractivity contribution in [2.45, 2.75) is 127 Å². The Morgan fingerprint density at radius 1 is 0.800 bits per heavy atom. The van der Waals surface area contributed by atoms with Crippen molar-refractivity contribution in [3.8, 4) is 17.1 Å². The summed E-state index contributed by atoms with van der Waals surface area (Å²) in [5, 5.41) is 10.5. The van der Waals surface area contributed by atoms with Gasteiger partial charge in [-0.15, -0.1) is 0 Å². The summed E-state index contributed by atoms with van der Waals surface area (Å²) in [6.45, 7) is 4.94. The van der Waals surface area contributed by atoms with E-state index in [1.807, 2.05) is 17.9 Å². The third kappa shape index (κ3) is 7.68. The highest BCUT2D eigenvalue weighted by atomic mass is 19.1. The minimum Gasteiger partial charge on any atom is -0.484 e. The van der Waals surface area contributed by atoms with Crippen LogP contribution in [0.2, 0.25) is 0 Å². The zero-order valence-corrected chi connectivity index (χ0v) is 33.8. The van der Waals surface area contributed by atoms with Crippen LogP contribution < -0.4 is 19.9 Å². The van der Waals surface area contributed by atoms with Gasteiger partial charge in [0.1, 0.15) is 29.5 Å². The molecule has 0 bridgehead atoms. The minimum absolute atomic E-state index is 0.0170. The molecular formula is C44H50F2N8O6. The maximum Gasteiger partial charge on any atom is 0.255 e. The summed E-state index contributed by atoms with van der Waals surface area (Å²) in [4.78, 5) is 52.0. The molecule has 2 N–H and O–H groups in total. The van der Waals surface area contributed by atoms with E-state index in [-0.39, 0.29) is 72.5 Å². The van der Waals surface area contributed by atoms with Crippen LogP contribution in [0, 0.1) is 11.6 Å². The number of nitrogens with zero attached hydrogens (tertiary/aromatic N) is 6. The molecule has 5 fully saturated rings. The van der Waals surface area contributed by atoms with Crippen molar-refractivity contribution in [2.75, 3.05) is 36.0 Å². The standard InChI is InChI=1S/C44H50F2N8O6/c1-44(14-15-44)60-37-20-30-33(21-32(37)45)50-51-41(30)34-22-38(48-24-47-34)53-18-12-28(13-19-53)59-26-4-2-25(3-5-26)58-27-10-16-52(17-11-27)35-7-6-29-31(40(35)46)23-54(43(29)57)36-8-9-39(55)49-42(36)56/h6-7,20-22,24-28,36H,2-5,8-19,23H2,1H3,(H,50,51)(H,49,55,56). The molecule has 2 aromatic heterocycles. The third-order valence-corrected chi connectivity index (χ3v) is 13.4. The van der Waals surface area contributed by atoms with Crippen molar-refractivity contribution in [1.82, 2.24) is 30.4 Å². The molecule has 4 aliphatic heterocycles. The van der Waals surface area contributed by atoms with Crippen LogP contribution in [-0.2, 0) is 25.6 Å². The van der Waals surface area contributed by atoms with E-state index in [4.69, 9.17) is 14.2 Å². The molecular weight excluding hydrogens is 775 g/mol. The van der Waals surface area contributed by atoms with Crippen LogP contribution in [-0.4, -0.2) is 105 Å². The number of hydrogen-bond acceptors (Lipinski definition) is 11. The van der Waals surface area contributed by atoms with Crippen LogP contribution in [0.1, 0.15) is 99.9 Å². The second kappa shape index (κ2) is 15.7. The molecule has 10 rings (SSSR count). The first-order chi connectivity index (χ1) is 29.1. The van der Waals surface area contributed by atoms with Crippen LogP contribution in [0.4, 0.5) is 20.3 Å². The lowest BCUT2D eigenvalue weighted by Crippen LogP contribution is -2.52. The summed E-state index contributed by atoms with van der Waals surface area (Å²) in [6, 6.07) is 7.66. The molecule has 14 nitrogen and oxygen atoms in total. The fraction of sp³-hybridized carbons (Fsp3) is 0.545. The smallest absolute Gasteiger partial charge is 0.255 e. The third-order valence-electron chi connectivity index (χ3n) is 13.4. The van der Waals surface area contributed by atoms with Crippen molar-refractivity contribution in [3.63, 3.8) is 0 Å². The summed E-state index contributed by atoms with van der Waals surface area (Å²) in [7, 11) is 0. The monoisotopic (exact) mass is 824 g/mol. The maximum absolute atomic E-state index is 15.9. The van der Waals surface area contributed by atoms with Gasteiger partial charge >= 0.3 is 0 Å². The van der Waals surface area contributed by atoms with E-state index < -0.39 is 23.6 Å². The molecule has 16 heteroatoms. The Labute approximate surface area is 346 Å². The lowest BCUT2D eigenvalue weighted by molar-refractivity contribution is -0.136. The average Bonchev–Trinajstić information content (AvgIpc) is 3.69. The number of piperidine rings is 3. The molecule has 6 aliphatic rings. The number of anilines is 2. The highest BCUT2D eigenvalue weighted by molar-refractivity contribution is 6.05. The van der Waals surface area contributed by atoms with Crippen LogP contribution in [0.25, 0.3) is 22.3 Å². The van der Waals surface area contributed by atoms with Crippen molar-refractivity contribution >= 4 is 40.1 Å². The SMILES string of the molecule is CC1(Oc2cc3c(-c4cc(N5CCC(OC6CCC(OC7CCN(c8ccc9c(c8F)CN(C8CCC(=O)NC8=O)C9=O)CC7)CC6)CC5)ncn4)n[nH]c3cc2F)CC1. The zero-order valence-electron chi connectivity index (χ0n) is 33.8. The summed E-state index contributed by atoms with van der Waals surface area (Å²) >= 11 is 0. The number of benzene rings is 2. The molecule has 0 spiro atoms. The Hall–Kier alpha value is -5.22. The number of amides is 3. The summed E-state index contributed by atoms with van der Waals surface area (Å²) < 4.78 is 49.9. The number of fused-ring (bicyclic) bond motifs is 2. The lowest BCUT2D eigenvalue weighted by atomic mass is 9.93. The molecule has 0 radical (unpaired) electrons. The van der Waals surface area contributed by atoms with Crippen LogP contribution in [0.5, 0.6) is 5.75 Å². The van der Waals surface area contributed by atoms with Crippen molar-refractivity contribution < 1.29 is 37.4 Å². The van der Waals surface area contributed by atoms with Gasteiger partial charge in [0.15, 0.2) is 17.4 Å². The van der Waals surface area contributed by atoms with E-state index >= 15 is 4.39 Å². The maximum atomic E-state index is 15.9. The Kier molecular flexibility index (Phi) is 10.2. The predicted octanol–water partition coefficient (Wildman–Crippen LogP) is 5.97. The molecule has 1 atom stereocenters. The number of carbonyl (C=O) groups is 3. The van der Waals surface area contributed by atoms with Crippen LogP contribution >= 0.6 is 0 Å². The Morgan fingerprint density at radius 2 is 1.47 bits per heavy atom. The van der Waals surface area contributed by atoms with Gasteiger partial charge in [-0.05, 0) is 95.8 Å². The molecule has 1 unspecified atom stereocenters. The molecule has 3 saturated heterocycles. The van der Waals surface area contributed by atoms with Gasteiger partial charge in [0, 0.05) is 61.2 Å². The molecule has 3 amide bonds. The van der Waals surface area contributed by atoms with Gasteiger partial charge in [0.05, 0.1) is 47.9 Å². The van der Waals surface area contributed by atoms with Gasteiger partial charge in [-0.25, -0.2) is 18.7 Å². The number of rotatable bonds is 10. The summed E-state index contributed by atoms with van der Waals surface area (Å²) in [5.41, 5.74) is 2.65. The normalized spacial score (nSPS) is 24.9. The highest BCUT2D eigenvalue weighted by Gasteiger charge is 2.42. The number of imide groups is 1. The number of aromatic nitrogens is 4. The predicted molar refractivity (Wildman–Crippen MR) is 216 cm³/mol. The van der Waals surface area contributed by atoms with E-state index in [0.29, 0.717) is 41.2 Å². The highest BCUT2D eigenvalue weighted by Crippen LogP contribution is 2.42. The number of carbonyl (C=O) groups excluding carboxylic acids is 3. The van der Waals surface area contributed by atoms with Crippen LogP contribution in [0.15, 0.2) is 36.7 Å². The fourth-order valence-corrected chi connectivity index (χ4v) is 9.62. The van der Waals surface area contributed by atoms with Gasteiger partial charge in [-0.1, -0.05) is 0 Å². The van der Waals surface area contributed by atoms with E-state index in [0.717, 1.165) is 88.5 Å². The van der Waals surface area contributed by atoms with Crippen molar-refractivity contribution in [3.05, 3.63) is 59.4 Å². The lowest BCUT2D eigenvalue weighted by Gasteiger charge is -2.38. The summed E-state index contributed by atoms with van der Waals surface area (Å²) in [5.74, 6) is -0.995. The second-order valence-electron chi connectivity index (χ2n) is 17.6. The van der Waals surface area contributed by atoms with E-state index in [1.165, 1.54) is 11.0 Å². The van der Waals surface area contributed by atoms with Gasteiger partial charge in [-0.2, -0.15) is 5.10 Å². The Morgan fingerprint density at radius 3 is 2.13 bits per heavy atom. The Bertz CT molecular complexity index is 2310. The molecule has 2 aromatic carbocycles. The molecule has 6 heterocycles. The topological polar surface area (TPSA) is 155 Å². The minimum atomic E-state index is -0.775. The first kappa shape index (κ1) is 38.9. The van der Waals surface area contributed by atoms with Crippen molar-refractivity contribution in [1.29, 1.82) is 0 Å². The zero-order chi connectivity index (χ0) is 41.1. The quantitative estimate of drug-likeness (QED) is 0.182. The average molecular weight is 825 g/mol. The second-order valence-corrected chi connectivity index (χ2v) is 17.6. The number of hydrogen-bond donors (Lipinski definition) is 2. The largest absolute Gasteiger partial charge is 0.484 e. The summed E-state index contributed by atoms with van der Waals surface area (Å²) in [6.07, 6.45) is 11.7. The molecule has 4 aromatic rings. The number of halogens is 2. The number of nitrogens with one attached hydrogen (secondary N) is 2. The van der Waals surface area contributed by atoms with Crippen LogP contribution in [0.3, 0.4) is 0 Å². The molecule has 2 saturated carbocycles. The van der Waals surface area contributed by atoms with Gasteiger partial charge in [0.25, 0.3) is 5.91 Å². The number of H-pyrrole nitrogens is 1. The van der Waals surface area contributed by atoms with Gasteiger partial charge < -0.3 is 28.9 Å². The van der Waals surface area contributed by atoms with Gasteiger partial charge in [0.2, 0.25) is 11.8 Å². The van der Waals surface area contributed by atoms with E-state index in [9.17, 15) is 18.8 Å². The van der Waals surface area contributed by atoms with E-state index in [1.54, 1.807) is 24.5 Å². The Balaban J connectivity index is 0.671. The molecule has 316 valence electrons. The number of ether oxygens (including phenoxy) is 3.